The van der Waals surface area contributed by atoms with Crippen molar-refractivity contribution >= 4 is 5.91 Å². The van der Waals surface area contributed by atoms with Crippen molar-refractivity contribution in [2.24, 2.45) is 17.3 Å². The van der Waals surface area contributed by atoms with Gasteiger partial charge in [-0.3, -0.25) is 4.79 Å². The standard InChI is InChI=1S/C13H23NO/c1-9(2)14(12(15)10-5-6-10)8-11-7-13(11,3)4/h9-11H,5-8H2,1-4H3. The minimum Gasteiger partial charge on any atom is -0.340 e. The van der Waals surface area contributed by atoms with Gasteiger partial charge >= 0.3 is 0 Å². The molecule has 0 heterocycles. The second kappa shape index (κ2) is 3.50. The van der Waals surface area contributed by atoms with E-state index in [0.29, 0.717) is 23.3 Å². The smallest absolute Gasteiger partial charge is 0.225 e. The first kappa shape index (κ1) is 11.0. The predicted octanol–water partition coefficient (Wildman–Crippen LogP) is 2.68. The Balaban J connectivity index is 1.92. The van der Waals surface area contributed by atoms with Crippen LogP contribution in [0.2, 0.25) is 0 Å². The Morgan fingerprint density at radius 2 is 1.93 bits per heavy atom. The van der Waals surface area contributed by atoms with Gasteiger partial charge in [-0.25, -0.2) is 0 Å². The van der Waals surface area contributed by atoms with Gasteiger partial charge < -0.3 is 4.90 Å². The topological polar surface area (TPSA) is 20.3 Å². The molecular formula is C13H23NO. The zero-order valence-electron chi connectivity index (χ0n) is 10.4. The fourth-order valence-corrected chi connectivity index (χ4v) is 2.25. The van der Waals surface area contributed by atoms with Crippen molar-refractivity contribution in [2.75, 3.05) is 6.54 Å². The van der Waals surface area contributed by atoms with Crippen LogP contribution in [0.1, 0.15) is 47.0 Å². The summed E-state index contributed by atoms with van der Waals surface area (Å²) >= 11 is 0. The highest BCUT2D eigenvalue weighted by molar-refractivity contribution is 5.81. The highest BCUT2D eigenvalue weighted by Crippen LogP contribution is 2.52. The van der Waals surface area contributed by atoms with Crippen LogP contribution in [0.5, 0.6) is 0 Å². The summed E-state index contributed by atoms with van der Waals surface area (Å²) in [6.45, 7) is 9.86. The molecule has 0 saturated heterocycles. The molecule has 15 heavy (non-hydrogen) atoms. The van der Waals surface area contributed by atoms with E-state index in [1.165, 1.54) is 6.42 Å². The zero-order chi connectivity index (χ0) is 11.2. The Kier molecular flexibility index (Phi) is 2.56. The summed E-state index contributed by atoms with van der Waals surface area (Å²) in [6.07, 6.45) is 3.53. The van der Waals surface area contributed by atoms with E-state index in [1.807, 2.05) is 0 Å². The van der Waals surface area contributed by atoms with Gasteiger partial charge in [0, 0.05) is 18.5 Å². The van der Waals surface area contributed by atoms with Crippen LogP contribution in [0.3, 0.4) is 0 Å². The number of hydrogen-bond donors (Lipinski definition) is 0. The number of hydrogen-bond acceptors (Lipinski definition) is 1. The van der Waals surface area contributed by atoms with Gasteiger partial charge in [-0.1, -0.05) is 13.8 Å². The second-order valence-corrected chi connectivity index (χ2v) is 6.25. The quantitative estimate of drug-likeness (QED) is 0.697. The predicted molar refractivity (Wildman–Crippen MR) is 61.5 cm³/mol. The fraction of sp³-hybridized carbons (Fsp3) is 0.923. The molecule has 2 saturated carbocycles. The van der Waals surface area contributed by atoms with Crippen LogP contribution < -0.4 is 0 Å². The molecule has 0 N–H and O–H groups in total. The summed E-state index contributed by atoms with van der Waals surface area (Å²) in [7, 11) is 0. The first-order chi connectivity index (χ1) is 6.92. The van der Waals surface area contributed by atoms with E-state index in [0.717, 1.165) is 25.3 Å². The Morgan fingerprint density at radius 3 is 2.27 bits per heavy atom. The lowest BCUT2D eigenvalue weighted by atomic mass is 10.1. The van der Waals surface area contributed by atoms with Crippen LogP contribution in [-0.2, 0) is 4.79 Å². The van der Waals surface area contributed by atoms with Crippen molar-refractivity contribution in [3.8, 4) is 0 Å². The van der Waals surface area contributed by atoms with E-state index in [-0.39, 0.29) is 0 Å². The summed E-state index contributed by atoms with van der Waals surface area (Å²) in [6, 6.07) is 0.370. The number of nitrogens with zero attached hydrogens (tertiary/aromatic N) is 1. The molecule has 2 aliphatic carbocycles. The molecule has 1 unspecified atom stereocenters. The van der Waals surface area contributed by atoms with Gasteiger partial charge in [-0.15, -0.1) is 0 Å². The molecule has 2 nitrogen and oxygen atoms in total. The van der Waals surface area contributed by atoms with Crippen molar-refractivity contribution in [3.05, 3.63) is 0 Å². The average Bonchev–Trinajstić information content (AvgIpc) is 2.97. The van der Waals surface area contributed by atoms with E-state index >= 15 is 0 Å². The van der Waals surface area contributed by atoms with Gasteiger partial charge in [0.05, 0.1) is 0 Å². The maximum absolute atomic E-state index is 12.0. The molecule has 2 heteroatoms. The monoisotopic (exact) mass is 209 g/mol. The Morgan fingerprint density at radius 1 is 1.40 bits per heavy atom. The van der Waals surface area contributed by atoms with E-state index < -0.39 is 0 Å². The molecule has 2 rings (SSSR count). The molecule has 1 amide bonds. The minimum absolute atomic E-state index is 0.370. The largest absolute Gasteiger partial charge is 0.340 e. The Labute approximate surface area is 93.0 Å². The Bertz CT molecular complexity index is 266. The molecule has 2 fully saturated rings. The molecule has 0 aromatic carbocycles. The van der Waals surface area contributed by atoms with Crippen molar-refractivity contribution in [1.29, 1.82) is 0 Å². The summed E-state index contributed by atoms with van der Waals surface area (Å²) < 4.78 is 0. The van der Waals surface area contributed by atoms with Gasteiger partial charge in [-0.2, -0.15) is 0 Å². The maximum Gasteiger partial charge on any atom is 0.225 e. The molecule has 0 spiro atoms. The number of amides is 1. The third-order valence-corrected chi connectivity index (χ3v) is 3.97. The van der Waals surface area contributed by atoms with Crippen LogP contribution in [-0.4, -0.2) is 23.4 Å². The van der Waals surface area contributed by atoms with Gasteiger partial charge in [0.2, 0.25) is 5.91 Å². The van der Waals surface area contributed by atoms with E-state index in [2.05, 4.69) is 32.6 Å². The number of carbonyl (C=O) groups is 1. The minimum atomic E-state index is 0.370. The molecule has 0 aliphatic heterocycles. The Hall–Kier alpha value is -0.530. The summed E-state index contributed by atoms with van der Waals surface area (Å²) in [5.74, 6) is 1.52. The molecule has 0 aromatic heterocycles. The lowest BCUT2D eigenvalue weighted by Gasteiger charge is -2.27. The molecule has 0 aromatic rings. The van der Waals surface area contributed by atoms with Gasteiger partial charge in [0.15, 0.2) is 0 Å². The average molecular weight is 209 g/mol. The van der Waals surface area contributed by atoms with Crippen LogP contribution in [0.4, 0.5) is 0 Å². The highest BCUT2D eigenvalue weighted by Gasteiger charge is 2.47. The van der Waals surface area contributed by atoms with Crippen molar-refractivity contribution in [1.82, 2.24) is 4.90 Å². The van der Waals surface area contributed by atoms with Gasteiger partial charge in [0.25, 0.3) is 0 Å². The second-order valence-electron chi connectivity index (χ2n) is 6.25. The third-order valence-electron chi connectivity index (χ3n) is 3.97. The molecule has 2 aliphatic rings. The number of carbonyl (C=O) groups excluding carboxylic acids is 1. The van der Waals surface area contributed by atoms with Gasteiger partial charge in [0.1, 0.15) is 0 Å². The normalized spacial score (nSPS) is 27.9. The summed E-state index contributed by atoms with van der Waals surface area (Å²) in [5, 5.41) is 0. The molecule has 86 valence electrons. The summed E-state index contributed by atoms with van der Waals surface area (Å²) in [5.41, 5.74) is 0.483. The zero-order valence-corrected chi connectivity index (χ0v) is 10.4. The van der Waals surface area contributed by atoms with Crippen LogP contribution in [0, 0.1) is 17.3 Å². The van der Waals surface area contributed by atoms with Crippen molar-refractivity contribution in [2.45, 2.75) is 53.0 Å². The van der Waals surface area contributed by atoms with E-state index in [9.17, 15) is 4.79 Å². The first-order valence-electron chi connectivity index (χ1n) is 6.22. The SMILES string of the molecule is CC(C)N(CC1CC1(C)C)C(=O)C1CC1. The lowest BCUT2D eigenvalue weighted by Crippen LogP contribution is -2.39. The summed E-state index contributed by atoms with van der Waals surface area (Å²) in [4.78, 5) is 14.2. The van der Waals surface area contributed by atoms with E-state index in [4.69, 9.17) is 0 Å². The fourth-order valence-electron chi connectivity index (χ4n) is 2.25. The molecular weight excluding hydrogens is 186 g/mol. The molecule has 0 radical (unpaired) electrons. The van der Waals surface area contributed by atoms with Crippen LogP contribution in [0.15, 0.2) is 0 Å². The van der Waals surface area contributed by atoms with Crippen molar-refractivity contribution in [3.63, 3.8) is 0 Å². The van der Waals surface area contributed by atoms with Gasteiger partial charge in [-0.05, 0) is 44.4 Å². The van der Waals surface area contributed by atoms with Crippen LogP contribution in [0.25, 0.3) is 0 Å². The maximum atomic E-state index is 12.0. The molecule has 0 bridgehead atoms. The van der Waals surface area contributed by atoms with Crippen LogP contribution >= 0.6 is 0 Å². The first-order valence-corrected chi connectivity index (χ1v) is 6.22. The van der Waals surface area contributed by atoms with E-state index in [1.54, 1.807) is 0 Å². The third kappa shape index (κ3) is 2.35. The van der Waals surface area contributed by atoms with Crippen molar-refractivity contribution < 1.29 is 4.79 Å². The molecule has 1 atom stereocenters. The number of rotatable bonds is 4. The lowest BCUT2D eigenvalue weighted by molar-refractivity contribution is -0.134. The highest BCUT2D eigenvalue weighted by atomic mass is 16.2.